The molecule has 0 atom stereocenters. The summed E-state index contributed by atoms with van der Waals surface area (Å²) in [5, 5.41) is 3.78. The number of para-hydroxylation sites is 1. The van der Waals surface area contributed by atoms with Gasteiger partial charge in [0, 0.05) is 0 Å². The van der Waals surface area contributed by atoms with Gasteiger partial charge in [-0.3, -0.25) is 0 Å². The molecule has 4 nitrogen and oxygen atoms in total. The Kier molecular flexibility index (Phi) is 5.36. The van der Waals surface area contributed by atoms with Gasteiger partial charge in [-0.1, -0.05) is 35.0 Å². The van der Waals surface area contributed by atoms with Gasteiger partial charge in [0.25, 0.3) is 0 Å². The van der Waals surface area contributed by atoms with Crippen LogP contribution in [0.1, 0.15) is 17.4 Å². The number of hydrogen-bond acceptors (Lipinski definition) is 5. The molecule has 0 saturated carbocycles. The number of benzene rings is 1. The third kappa shape index (κ3) is 4.58. The van der Waals surface area contributed by atoms with Crippen LogP contribution in [0, 0.1) is 6.92 Å². The van der Waals surface area contributed by atoms with E-state index in [1.54, 1.807) is 19.1 Å². The lowest BCUT2D eigenvalue weighted by Gasteiger charge is -2.06. The van der Waals surface area contributed by atoms with Gasteiger partial charge in [0.05, 0.1) is 14.9 Å². The van der Waals surface area contributed by atoms with Crippen molar-refractivity contribution < 1.29 is 14.4 Å². The first-order chi connectivity index (χ1) is 10.1. The molecule has 1 aromatic heterocycles. The van der Waals surface area contributed by atoms with E-state index in [1.165, 1.54) is 11.3 Å². The number of ether oxygens (including phenoxy) is 1. The van der Waals surface area contributed by atoms with E-state index in [2.05, 4.69) is 5.16 Å². The van der Waals surface area contributed by atoms with E-state index in [-0.39, 0.29) is 6.61 Å². The van der Waals surface area contributed by atoms with Crippen LogP contribution in [0.25, 0.3) is 0 Å². The second kappa shape index (κ2) is 7.24. The molecule has 1 aromatic carbocycles. The summed E-state index contributed by atoms with van der Waals surface area (Å²) in [6.07, 6.45) is 0. The van der Waals surface area contributed by atoms with Crippen molar-refractivity contribution in [2.75, 3.05) is 6.61 Å². The van der Waals surface area contributed by atoms with Gasteiger partial charge in [-0.05, 0) is 37.6 Å². The van der Waals surface area contributed by atoms with Crippen molar-refractivity contribution in [3.05, 3.63) is 51.2 Å². The van der Waals surface area contributed by atoms with Crippen molar-refractivity contribution >= 4 is 34.6 Å². The largest absolute Gasteiger partial charge is 0.482 e. The van der Waals surface area contributed by atoms with Crippen LogP contribution in [0.3, 0.4) is 0 Å². The number of carbonyl (C=O) groups is 1. The van der Waals surface area contributed by atoms with Crippen LogP contribution in [0.2, 0.25) is 4.34 Å². The molecular formula is C15H14ClNO3S. The highest BCUT2D eigenvalue weighted by Crippen LogP contribution is 2.22. The first kappa shape index (κ1) is 15.5. The Morgan fingerprint density at radius 3 is 2.71 bits per heavy atom. The highest BCUT2D eigenvalue weighted by atomic mass is 35.5. The smallest absolute Gasteiger partial charge is 0.372 e. The van der Waals surface area contributed by atoms with E-state index in [1.807, 2.05) is 31.2 Å². The van der Waals surface area contributed by atoms with Crippen LogP contribution >= 0.6 is 22.9 Å². The molecule has 0 aliphatic rings. The molecule has 0 aliphatic carbocycles. The molecule has 0 amide bonds. The topological polar surface area (TPSA) is 47.9 Å². The maximum Gasteiger partial charge on any atom is 0.372 e. The van der Waals surface area contributed by atoms with Gasteiger partial charge < -0.3 is 9.57 Å². The third-order valence-electron chi connectivity index (χ3n) is 2.65. The van der Waals surface area contributed by atoms with E-state index in [9.17, 15) is 4.79 Å². The molecular weight excluding hydrogens is 310 g/mol. The lowest BCUT2D eigenvalue weighted by Crippen LogP contribution is -2.13. The summed E-state index contributed by atoms with van der Waals surface area (Å²) in [5.74, 6) is 0.0976. The summed E-state index contributed by atoms with van der Waals surface area (Å²) in [7, 11) is 0. The van der Waals surface area contributed by atoms with Gasteiger partial charge in [0.1, 0.15) is 5.75 Å². The van der Waals surface area contributed by atoms with E-state index < -0.39 is 5.97 Å². The summed E-state index contributed by atoms with van der Waals surface area (Å²) in [6, 6.07) is 11.0. The Balaban J connectivity index is 1.86. The number of oxime groups is 1. The molecule has 110 valence electrons. The van der Waals surface area contributed by atoms with Crippen molar-refractivity contribution in [1.82, 2.24) is 0 Å². The normalized spacial score (nSPS) is 11.3. The maximum atomic E-state index is 11.6. The summed E-state index contributed by atoms with van der Waals surface area (Å²) in [6.45, 7) is 3.47. The van der Waals surface area contributed by atoms with Gasteiger partial charge in [-0.25, -0.2) is 4.79 Å². The fourth-order valence-corrected chi connectivity index (χ4v) is 2.53. The van der Waals surface area contributed by atoms with Crippen LogP contribution in [-0.2, 0) is 9.63 Å². The van der Waals surface area contributed by atoms with E-state index in [4.69, 9.17) is 21.2 Å². The molecule has 0 bridgehead atoms. The lowest BCUT2D eigenvalue weighted by atomic mass is 10.2. The average molecular weight is 324 g/mol. The number of thiophene rings is 1. The highest BCUT2D eigenvalue weighted by Gasteiger charge is 2.07. The number of rotatable bonds is 5. The van der Waals surface area contributed by atoms with Gasteiger partial charge in [-0.2, -0.15) is 0 Å². The van der Waals surface area contributed by atoms with Crippen molar-refractivity contribution in [3.63, 3.8) is 0 Å². The predicted octanol–water partition coefficient (Wildman–Crippen LogP) is 4.06. The molecule has 6 heteroatoms. The Morgan fingerprint density at radius 2 is 2.05 bits per heavy atom. The monoisotopic (exact) mass is 323 g/mol. The van der Waals surface area contributed by atoms with Crippen LogP contribution in [-0.4, -0.2) is 18.3 Å². The summed E-state index contributed by atoms with van der Waals surface area (Å²) in [4.78, 5) is 17.3. The summed E-state index contributed by atoms with van der Waals surface area (Å²) < 4.78 is 6.04. The zero-order valence-electron chi connectivity index (χ0n) is 11.6. The van der Waals surface area contributed by atoms with Crippen molar-refractivity contribution in [2.24, 2.45) is 5.16 Å². The molecule has 0 N–H and O–H groups in total. The third-order valence-corrected chi connectivity index (χ3v) is 3.99. The van der Waals surface area contributed by atoms with Gasteiger partial charge >= 0.3 is 5.97 Å². The zero-order valence-corrected chi connectivity index (χ0v) is 13.2. The second-order valence-corrected chi connectivity index (χ2v) is 6.01. The Morgan fingerprint density at radius 1 is 1.29 bits per heavy atom. The van der Waals surface area contributed by atoms with Crippen LogP contribution in [0.5, 0.6) is 5.75 Å². The standard InChI is InChI=1S/C15H14ClNO3S/c1-10-5-3-4-6-12(10)19-9-15(18)20-17-11(2)13-7-8-14(16)21-13/h3-8H,9H2,1-2H3/b17-11+. The van der Waals surface area contributed by atoms with Crippen LogP contribution < -0.4 is 4.74 Å². The first-order valence-electron chi connectivity index (χ1n) is 6.25. The minimum Gasteiger partial charge on any atom is -0.482 e. The Labute approximate surface area is 131 Å². The number of hydrogen-bond donors (Lipinski definition) is 0. The van der Waals surface area contributed by atoms with Gasteiger partial charge in [0.15, 0.2) is 6.61 Å². The minimum atomic E-state index is -0.555. The molecule has 0 aliphatic heterocycles. The molecule has 2 rings (SSSR count). The number of nitrogens with zero attached hydrogens (tertiary/aromatic N) is 1. The molecule has 2 aromatic rings. The molecule has 1 heterocycles. The summed E-state index contributed by atoms with van der Waals surface area (Å²) in [5.41, 5.74) is 1.55. The summed E-state index contributed by atoms with van der Waals surface area (Å²) >= 11 is 7.21. The Hall–Kier alpha value is -1.85. The van der Waals surface area contributed by atoms with E-state index in [0.29, 0.717) is 15.8 Å². The fourth-order valence-electron chi connectivity index (χ4n) is 1.55. The minimum absolute atomic E-state index is 0.188. The fraction of sp³-hybridized carbons (Fsp3) is 0.200. The predicted molar refractivity (Wildman–Crippen MR) is 84.3 cm³/mol. The Bertz CT molecular complexity index is 666. The van der Waals surface area contributed by atoms with Crippen molar-refractivity contribution in [2.45, 2.75) is 13.8 Å². The molecule has 0 unspecified atom stereocenters. The molecule has 0 fully saturated rings. The van der Waals surface area contributed by atoms with Crippen LogP contribution in [0.4, 0.5) is 0 Å². The molecule has 0 saturated heterocycles. The average Bonchev–Trinajstić information content (AvgIpc) is 2.90. The van der Waals surface area contributed by atoms with Crippen LogP contribution in [0.15, 0.2) is 41.6 Å². The second-order valence-electron chi connectivity index (χ2n) is 4.30. The molecule has 21 heavy (non-hydrogen) atoms. The molecule has 0 radical (unpaired) electrons. The van der Waals surface area contributed by atoms with Gasteiger partial charge in [0.2, 0.25) is 0 Å². The zero-order chi connectivity index (χ0) is 15.2. The molecule has 0 spiro atoms. The van der Waals surface area contributed by atoms with Crippen molar-refractivity contribution in [3.8, 4) is 5.75 Å². The van der Waals surface area contributed by atoms with E-state index >= 15 is 0 Å². The number of carbonyl (C=O) groups excluding carboxylic acids is 1. The number of aryl methyl sites for hydroxylation is 1. The maximum absolute atomic E-state index is 11.6. The number of halogens is 1. The van der Waals surface area contributed by atoms with Gasteiger partial charge in [-0.15, -0.1) is 11.3 Å². The van der Waals surface area contributed by atoms with E-state index in [0.717, 1.165) is 10.4 Å². The first-order valence-corrected chi connectivity index (χ1v) is 7.44. The highest BCUT2D eigenvalue weighted by molar-refractivity contribution is 7.18. The SMILES string of the molecule is C/C(=N\OC(=O)COc1ccccc1C)c1ccc(Cl)s1. The quantitative estimate of drug-likeness (QED) is 0.473. The lowest BCUT2D eigenvalue weighted by molar-refractivity contribution is -0.146. The van der Waals surface area contributed by atoms with Crippen molar-refractivity contribution in [1.29, 1.82) is 0 Å².